The number of halogens is 1. The number of fused-ring (bicyclic) bond motifs is 2. The molecule has 0 spiro atoms. The zero-order chi connectivity index (χ0) is 19.7. The lowest BCUT2D eigenvalue weighted by atomic mass is 10.0. The van der Waals surface area contributed by atoms with Gasteiger partial charge in [0.25, 0.3) is 11.8 Å². The van der Waals surface area contributed by atoms with E-state index >= 15 is 0 Å². The van der Waals surface area contributed by atoms with E-state index in [1.54, 1.807) is 41.3 Å². The van der Waals surface area contributed by atoms with Crippen LogP contribution >= 0.6 is 23.4 Å². The summed E-state index contributed by atoms with van der Waals surface area (Å²) in [6, 6.07) is 13.5. The van der Waals surface area contributed by atoms with Gasteiger partial charge in [0, 0.05) is 16.5 Å². The van der Waals surface area contributed by atoms with Crippen LogP contribution in [0.15, 0.2) is 53.4 Å². The molecular formula is C21H19ClN2O3S. The molecule has 2 aromatic rings. The fraction of sp³-hybridized carbons (Fsp3) is 0.286. The third kappa shape index (κ3) is 3.54. The second-order valence-corrected chi connectivity index (χ2v) is 8.32. The van der Waals surface area contributed by atoms with Gasteiger partial charge in [-0.2, -0.15) is 0 Å². The summed E-state index contributed by atoms with van der Waals surface area (Å²) in [6.45, 7) is 0.547. The highest BCUT2D eigenvalue weighted by atomic mass is 35.5. The van der Waals surface area contributed by atoms with Crippen LogP contribution in [0.4, 0.5) is 5.69 Å². The number of imide groups is 1. The van der Waals surface area contributed by atoms with Gasteiger partial charge in [0.1, 0.15) is 6.04 Å². The summed E-state index contributed by atoms with van der Waals surface area (Å²) in [5.41, 5.74) is 0.790. The number of rotatable bonds is 3. The van der Waals surface area contributed by atoms with Gasteiger partial charge in [-0.05, 0) is 55.7 Å². The van der Waals surface area contributed by atoms with Gasteiger partial charge >= 0.3 is 0 Å². The van der Waals surface area contributed by atoms with Gasteiger partial charge in [0.05, 0.1) is 17.0 Å². The molecule has 0 unspecified atom stereocenters. The highest BCUT2D eigenvalue weighted by Crippen LogP contribution is 2.32. The summed E-state index contributed by atoms with van der Waals surface area (Å²) in [4.78, 5) is 43.1. The summed E-state index contributed by atoms with van der Waals surface area (Å²) in [7, 11) is 0. The van der Waals surface area contributed by atoms with Crippen LogP contribution in [0.3, 0.4) is 0 Å². The Morgan fingerprint density at radius 3 is 2.61 bits per heavy atom. The maximum Gasteiger partial charge on any atom is 0.256 e. The molecule has 1 saturated heterocycles. The summed E-state index contributed by atoms with van der Waals surface area (Å²) in [6.07, 6.45) is 2.34. The van der Waals surface area contributed by atoms with Crippen LogP contribution in [-0.2, 0) is 9.59 Å². The van der Waals surface area contributed by atoms with E-state index in [2.05, 4.69) is 0 Å². The van der Waals surface area contributed by atoms with Gasteiger partial charge < -0.3 is 4.90 Å². The van der Waals surface area contributed by atoms with Crippen molar-refractivity contribution in [1.29, 1.82) is 0 Å². The SMILES string of the molecule is O=C(CSc1ccc(Cl)cc1)N1C(=O)[C@@H]2CCCCN2C(=O)c2ccccc21. The lowest BCUT2D eigenvalue weighted by Crippen LogP contribution is -2.52. The Morgan fingerprint density at radius 2 is 1.82 bits per heavy atom. The zero-order valence-corrected chi connectivity index (χ0v) is 16.7. The van der Waals surface area contributed by atoms with E-state index < -0.39 is 6.04 Å². The minimum atomic E-state index is -0.571. The molecular weight excluding hydrogens is 396 g/mol. The fourth-order valence-electron chi connectivity index (χ4n) is 3.70. The van der Waals surface area contributed by atoms with Crippen molar-refractivity contribution in [3.8, 4) is 0 Å². The van der Waals surface area contributed by atoms with Crippen LogP contribution in [0.1, 0.15) is 29.6 Å². The Bertz CT molecular complexity index is 932. The van der Waals surface area contributed by atoms with Gasteiger partial charge in [0.15, 0.2) is 0 Å². The number of carbonyl (C=O) groups excluding carboxylic acids is 3. The number of hydrogen-bond acceptors (Lipinski definition) is 4. The van der Waals surface area contributed by atoms with Crippen molar-refractivity contribution >= 4 is 46.8 Å². The molecule has 2 aromatic carbocycles. The maximum absolute atomic E-state index is 13.3. The Hall–Kier alpha value is -2.31. The first-order valence-corrected chi connectivity index (χ1v) is 10.6. The second-order valence-electron chi connectivity index (χ2n) is 6.84. The first kappa shape index (κ1) is 19.0. The highest BCUT2D eigenvalue weighted by molar-refractivity contribution is 8.00. The van der Waals surface area contributed by atoms with E-state index in [1.165, 1.54) is 16.7 Å². The van der Waals surface area contributed by atoms with Crippen LogP contribution < -0.4 is 4.90 Å². The van der Waals surface area contributed by atoms with Gasteiger partial charge in [0.2, 0.25) is 5.91 Å². The monoisotopic (exact) mass is 414 g/mol. The molecule has 28 heavy (non-hydrogen) atoms. The molecule has 7 heteroatoms. The highest BCUT2D eigenvalue weighted by Gasteiger charge is 2.42. The number of benzene rings is 2. The first-order valence-electron chi connectivity index (χ1n) is 9.21. The van der Waals surface area contributed by atoms with Crippen molar-refractivity contribution in [2.45, 2.75) is 30.2 Å². The van der Waals surface area contributed by atoms with Crippen molar-refractivity contribution in [3.63, 3.8) is 0 Å². The number of anilines is 1. The summed E-state index contributed by atoms with van der Waals surface area (Å²) in [5.74, 6) is -0.700. The fourth-order valence-corrected chi connectivity index (χ4v) is 4.57. The molecule has 2 heterocycles. The Labute approximate surface area is 172 Å². The van der Waals surface area contributed by atoms with E-state index in [1.807, 2.05) is 12.1 Å². The smallest absolute Gasteiger partial charge is 0.256 e. The van der Waals surface area contributed by atoms with Crippen LogP contribution in [0.25, 0.3) is 0 Å². The first-order chi connectivity index (χ1) is 13.6. The second kappa shape index (κ2) is 7.97. The topological polar surface area (TPSA) is 57.7 Å². The number of carbonyl (C=O) groups is 3. The molecule has 144 valence electrons. The van der Waals surface area contributed by atoms with Gasteiger partial charge in [-0.25, -0.2) is 4.90 Å². The predicted molar refractivity (Wildman–Crippen MR) is 110 cm³/mol. The average Bonchev–Trinajstić information content (AvgIpc) is 2.81. The number of hydrogen-bond donors (Lipinski definition) is 0. The molecule has 3 amide bonds. The third-order valence-electron chi connectivity index (χ3n) is 5.07. The van der Waals surface area contributed by atoms with Gasteiger partial charge in [-0.1, -0.05) is 23.7 Å². The van der Waals surface area contributed by atoms with Gasteiger partial charge in [-0.3, -0.25) is 14.4 Å². The number of para-hydroxylation sites is 1. The quantitative estimate of drug-likeness (QED) is 0.712. The van der Waals surface area contributed by atoms with E-state index in [-0.39, 0.29) is 23.5 Å². The van der Waals surface area contributed by atoms with Crippen molar-refractivity contribution in [1.82, 2.24) is 4.90 Å². The normalized spacial score (nSPS) is 19.1. The number of piperidine rings is 1. The molecule has 0 aromatic heterocycles. The lowest BCUT2D eigenvalue weighted by molar-refractivity contribution is -0.128. The van der Waals surface area contributed by atoms with Crippen LogP contribution in [0.2, 0.25) is 5.02 Å². The molecule has 0 saturated carbocycles. The zero-order valence-electron chi connectivity index (χ0n) is 15.1. The Balaban J connectivity index is 1.64. The minimum Gasteiger partial charge on any atom is -0.327 e. The molecule has 0 aliphatic carbocycles. The van der Waals surface area contributed by atoms with Crippen molar-refractivity contribution in [2.75, 3.05) is 17.2 Å². The molecule has 2 aliphatic rings. The predicted octanol–water partition coefficient (Wildman–Crippen LogP) is 4.00. The largest absolute Gasteiger partial charge is 0.327 e. The van der Waals surface area contributed by atoms with Crippen LogP contribution in [-0.4, -0.2) is 41.0 Å². The van der Waals surface area contributed by atoms with Crippen molar-refractivity contribution in [2.24, 2.45) is 0 Å². The molecule has 0 bridgehead atoms. The number of thioether (sulfide) groups is 1. The van der Waals surface area contributed by atoms with E-state index in [0.717, 1.165) is 17.7 Å². The van der Waals surface area contributed by atoms with Gasteiger partial charge in [-0.15, -0.1) is 11.8 Å². The molecule has 5 nitrogen and oxygen atoms in total. The molecule has 0 N–H and O–H groups in total. The minimum absolute atomic E-state index is 0.0998. The summed E-state index contributed by atoms with van der Waals surface area (Å²) >= 11 is 7.25. The molecule has 4 rings (SSSR count). The van der Waals surface area contributed by atoms with Crippen LogP contribution in [0, 0.1) is 0 Å². The third-order valence-corrected chi connectivity index (χ3v) is 6.32. The average molecular weight is 415 g/mol. The van der Waals surface area contributed by atoms with Crippen molar-refractivity contribution in [3.05, 3.63) is 59.1 Å². The van der Waals surface area contributed by atoms with Crippen molar-refractivity contribution < 1.29 is 14.4 Å². The summed E-state index contributed by atoms with van der Waals surface area (Å²) < 4.78 is 0. The standard InChI is InChI=1S/C21H19ClN2O3S/c22-14-8-10-15(11-9-14)28-13-19(25)24-17-6-2-1-5-16(17)20(26)23-12-4-3-7-18(23)21(24)27/h1-2,5-6,8-11,18H,3-4,7,12-13H2/t18-/m0/s1. The lowest BCUT2D eigenvalue weighted by Gasteiger charge is -2.34. The summed E-state index contributed by atoms with van der Waals surface area (Å²) in [5, 5.41) is 0.628. The number of amides is 3. The molecule has 1 fully saturated rings. The molecule has 0 radical (unpaired) electrons. The molecule has 2 aliphatic heterocycles. The Kier molecular flexibility index (Phi) is 5.42. The van der Waals surface area contributed by atoms with E-state index in [9.17, 15) is 14.4 Å². The van der Waals surface area contributed by atoms with E-state index in [0.29, 0.717) is 29.2 Å². The maximum atomic E-state index is 13.3. The van der Waals surface area contributed by atoms with E-state index in [4.69, 9.17) is 11.6 Å². The Morgan fingerprint density at radius 1 is 1.07 bits per heavy atom. The molecule has 1 atom stereocenters. The van der Waals surface area contributed by atoms with Crippen LogP contribution in [0.5, 0.6) is 0 Å². The number of nitrogens with zero attached hydrogens (tertiary/aromatic N) is 2.